The van der Waals surface area contributed by atoms with Crippen molar-refractivity contribution < 1.29 is 18.7 Å². The molecule has 0 radical (unpaired) electrons. The number of carbonyl (C=O) groups is 2. The summed E-state index contributed by atoms with van der Waals surface area (Å²) in [7, 11) is 0. The number of rotatable bonds is 6. The lowest BCUT2D eigenvalue weighted by Gasteiger charge is -2.15. The second-order valence-electron chi connectivity index (χ2n) is 6.71. The predicted octanol–water partition coefficient (Wildman–Crippen LogP) is 2.94. The van der Waals surface area contributed by atoms with Gasteiger partial charge in [-0.2, -0.15) is 0 Å². The Balaban J connectivity index is 1.40. The molecule has 0 fully saturated rings. The number of halogens is 1. The quantitative estimate of drug-likeness (QED) is 0.420. The van der Waals surface area contributed by atoms with Crippen molar-refractivity contribution in [3.63, 3.8) is 0 Å². The molecule has 0 saturated heterocycles. The molecule has 164 valence electrons. The molecule has 11 heteroatoms. The lowest BCUT2D eigenvalue weighted by Crippen LogP contribution is -2.48. The van der Waals surface area contributed by atoms with Gasteiger partial charge >= 0.3 is 0 Å². The van der Waals surface area contributed by atoms with Crippen LogP contribution in [0.25, 0.3) is 20.7 Å². The van der Waals surface area contributed by atoms with Crippen LogP contribution in [0.4, 0.5) is 4.39 Å². The standard InChI is InChI=1S/C21H17FN4O4S2/c1-12(30-15-6-3-2-5-14(15)22)19(28)25-24-17(27)9-26-11-23-20-18(21(26)29)13(10-32-20)16-7-4-8-31-16/h2-8,10-12H,9H2,1H3,(H,24,27)(H,25,28). The average Bonchev–Trinajstić information content (AvgIpc) is 3.45. The topological polar surface area (TPSA) is 102 Å². The summed E-state index contributed by atoms with van der Waals surface area (Å²) in [6.07, 6.45) is 0.233. The molecule has 0 saturated carbocycles. The number of para-hydroxylation sites is 1. The molecule has 2 N–H and O–H groups in total. The number of amides is 2. The van der Waals surface area contributed by atoms with E-state index in [1.807, 2.05) is 22.9 Å². The number of thiophene rings is 2. The second kappa shape index (κ2) is 9.28. The van der Waals surface area contributed by atoms with Crippen LogP contribution in [0.15, 0.2) is 58.3 Å². The van der Waals surface area contributed by atoms with Crippen molar-refractivity contribution in [3.05, 3.63) is 69.7 Å². The Bertz CT molecular complexity index is 1330. The monoisotopic (exact) mass is 472 g/mol. The Morgan fingerprint density at radius 2 is 2.00 bits per heavy atom. The SMILES string of the molecule is CC(Oc1ccccc1F)C(=O)NNC(=O)Cn1cnc2scc(-c3cccs3)c2c1=O. The van der Waals surface area contributed by atoms with Gasteiger partial charge in [-0.25, -0.2) is 9.37 Å². The molecule has 3 aromatic heterocycles. The maximum atomic E-state index is 13.7. The molecule has 0 bridgehead atoms. The predicted molar refractivity (Wildman–Crippen MR) is 120 cm³/mol. The molecule has 1 atom stereocenters. The van der Waals surface area contributed by atoms with Crippen molar-refractivity contribution in [2.45, 2.75) is 19.6 Å². The summed E-state index contributed by atoms with van der Waals surface area (Å²) in [5.41, 5.74) is 4.87. The third-order valence-electron chi connectivity index (χ3n) is 4.50. The molecular weight excluding hydrogens is 455 g/mol. The molecule has 0 spiro atoms. The molecular formula is C21H17FN4O4S2. The van der Waals surface area contributed by atoms with E-state index in [-0.39, 0.29) is 17.9 Å². The van der Waals surface area contributed by atoms with Gasteiger partial charge in [-0.05, 0) is 30.5 Å². The molecule has 1 unspecified atom stereocenters. The van der Waals surface area contributed by atoms with Crippen molar-refractivity contribution in [2.24, 2.45) is 0 Å². The van der Waals surface area contributed by atoms with Gasteiger partial charge in [-0.1, -0.05) is 18.2 Å². The number of hydrogen-bond donors (Lipinski definition) is 2. The Morgan fingerprint density at radius 3 is 2.75 bits per heavy atom. The number of hydrogen-bond acceptors (Lipinski definition) is 7. The minimum atomic E-state index is -1.06. The summed E-state index contributed by atoms with van der Waals surface area (Å²) in [4.78, 5) is 43.2. The fourth-order valence-electron chi connectivity index (χ4n) is 2.90. The first-order chi connectivity index (χ1) is 15.4. The van der Waals surface area contributed by atoms with Crippen LogP contribution in [-0.4, -0.2) is 27.5 Å². The molecule has 3 heterocycles. The second-order valence-corrected chi connectivity index (χ2v) is 8.52. The normalized spacial score (nSPS) is 11.8. The van der Waals surface area contributed by atoms with Crippen LogP contribution in [0.3, 0.4) is 0 Å². The number of aromatic nitrogens is 2. The Labute approximate surface area is 189 Å². The van der Waals surface area contributed by atoms with E-state index >= 15 is 0 Å². The van der Waals surface area contributed by atoms with Gasteiger partial charge in [-0.15, -0.1) is 22.7 Å². The fraction of sp³-hybridized carbons (Fsp3) is 0.143. The lowest BCUT2D eigenvalue weighted by molar-refractivity contribution is -0.133. The number of benzene rings is 1. The summed E-state index contributed by atoms with van der Waals surface area (Å²) >= 11 is 2.86. The van der Waals surface area contributed by atoms with Gasteiger partial charge in [0.05, 0.1) is 11.7 Å². The Morgan fingerprint density at radius 1 is 1.19 bits per heavy atom. The largest absolute Gasteiger partial charge is 0.478 e. The Kier molecular flexibility index (Phi) is 6.28. The van der Waals surface area contributed by atoms with Crippen molar-refractivity contribution in [3.8, 4) is 16.2 Å². The number of fused-ring (bicyclic) bond motifs is 1. The number of nitrogens with one attached hydrogen (secondary N) is 2. The smallest absolute Gasteiger partial charge is 0.279 e. The van der Waals surface area contributed by atoms with E-state index < -0.39 is 23.7 Å². The lowest BCUT2D eigenvalue weighted by atomic mass is 10.2. The molecule has 0 aliphatic rings. The highest BCUT2D eigenvalue weighted by Crippen LogP contribution is 2.33. The average molecular weight is 473 g/mol. The highest BCUT2D eigenvalue weighted by Gasteiger charge is 2.18. The van der Waals surface area contributed by atoms with Gasteiger partial charge < -0.3 is 4.74 Å². The van der Waals surface area contributed by atoms with Crippen LogP contribution >= 0.6 is 22.7 Å². The minimum Gasteiger partial charge on any atom is -0.478 e. The van der Waals surface area contributed by atoms with Crippen LogP contribution in [0, 0.1) is 5.82 Å². The molecule has 0 aliphatic heterocycles. The van der Waals surface area contributed by atoms with Crippen LogP contribution < -0.4 is 21.1 Å². The van der Waals surface area contributed by atoms with Gasteiger partial charge in [0.1, 0.15) is 11.4 Å². The Hall–Kier alpha value is -3.57. The summed E-state index contributed by atoms with van der Waals surface area (Å²) in [5, 5.41) is 4.23. The molecule has 32 heavy (non-hydrogen) atoms. The maximum Gasteiger partial charge on any atom is 0.279 e. The molecule has 0 aliphatic carbocycles. The van der Waals surface area contributed by atoms with E-state index in [9.17, 15) is 18.8 Å². The van der Waals surface area contributed by atoms with Crippen LogP contribution in [0.2, 0.25) is 0 Å². The third kappa shape index (κ3) is 4.53. The van der Waals surface area contributed by atoms with Crippen LogP contribution in [0.5, 0.6) is 5.75 Å². The van der Waals surface area contributed by atoms with Crippen LogP contribution in [0.1, 0.15) is 6.92 Å². The maximum absolute atomic E-state index is 13.7. The first kappa shape index (κ1) is 21.7. The first-order valence-corrected chi connectivity index (χ1v) is 11.2. The van der Waals surface area contributed by atoms with E-state index in [2.05, 4.69) is 15.8 Å². The zero-order chi connectivity index (χ0) is 22.7. The van der Waals surface area contributed by atoms with Gasteiger partial charge in [-0.3, -0.25) is 29.8 Å². The van der Waals surface area contributed by atoms with Crippen LogP contribution in [-0.2, 0) is 16.1 Å². The zero-order valence-corrected chi connectivity index (χ0v) is 18.3. The van der Waals surface area contributed by atoms with E-state index in [1.165, 1.54) is 58.7 Å². The number of nitrogens with zero attached hydrogens (tertiary/aromatic N) is 2. The summed E-state index contributed by atoms with van der Waals surface area (Å²) in [5.74, 6) is -1.99. The van der Waals surface area contributed by atoms with E-state index in [1.54, 1.807) is 6.07 Å². The van der Waals surface area contributed by atoms with Crippen molar-refractivity contribution in [1.82, 2.24) is 20.4 Å². The van der Waals surface area contributed by atoms with Gasteiger partial charge in [0.2, 0.25) is 0 Å². The van der Waals surface area contributed by atoms with Gasteiger partial charge in [0, 0.05) is 15.8 Å². The van der Waals surface area contributed by atoms with Crippen molar-refractivity contribution in [1.29, 1.82) is 0 Å². The highest BCUT2D eigenvalue weighted by atomic mass is 32.1. The molecule has 4 aromatic rings. The minimum absolute atomic E-state index is 0.0790. The van der Waals surface area contributed by atoms with Gasteiger partial charge in [0.15, 0.2) is 17.7 Å². The summed E-state index contributed by atoms with van der Waals surface area (Å²) in [6.45, 7) is 1.07. The number of ether oxygens (including phenoxy) is 1. The van der Waals surface area contributed by atoms with Crippen molar-refractivity contribution >= 4 is 44.7 Å². The molecule has 1 aromatic carbocycles. The molecule has 4 rings (SSSR count). The molecule has 2 amide bonds. The van der Waals surface area contributed by atoms with Gasteiger partial charge in [0.25, 0.3) is 17.4 Å². The van der Waals surface area contributed by atoms with E-state index in [0.29, 0.717) is 10.2 Å². The number of carbonyl (C=O) groups excluding carboxylic acids is 2. The molecule has 8 nitrogen and oxygen atoms in total. The highest BCUT2D eigenvalue weighted by molar-refractivity contribution is 7.18. The van der Waals surface area contributed by atoms with E-state index in [0.717, 1.165) is 10.4 Å². The third-order valence-corrected chi connectivity index (χ3v) is 6.29. The fourth-order valence-corrected chi connectivity index (χ4v) is 4.63. The summed E-state index contributed by atoms with van der Waals surface area (Å²) < 4.78 is 20.1. The van der Waals surface area contributed by atoms with Crippen molar-refractivity contribution in [2.75, 3.05) is 0 Å². The number of hydrazine groups is 1. The zero-order valence-electron chi connectivity index (χ0n) is 16.7. The first-order valence-electron chi connectivity index (χ1n) is 9.44. The van der Waals surface area contributed by atoms with E-state index in [4.69, 9.17) is 4.74 Å². The summed E-state index contributed by atoms with van der Waals surface area (Å²) in [6, 6.07) is 9.48.